The molecule has 0 aromatic heterocycles. The van der Waals surface area contributed by atoms with Crippen LogP contribution < -0.4 is 15.0 Å². The van der Waals surface area contributed by atoms with Crippen molar-refractivity contribution in [3.05, 3.63) is 29.8 Å². The van der Waals surface area contributed by atoms with E-state index >= 15 is 0 Å². The molecule has 0 aliphatic carbocycles. The second-order valence-corrected chi connectivity index (χ2v) is 8.91. The topological polar surface area (TPSA) is 95.9 Å². The zero-order valence-corrected chi connectivity index (χ0v) is 18.4. The largest absolute Gasteiger partial charge is 0.465 e. The van der Waals surface area contributed by atoms with E-state index in [4.69, 9.17) is 16.3 Å². The van der Waals surface area contributed by atoms with Crippen molar-refractivity contribution in [3.8, 4) is 5.75 Å². The van der Waals surface area contributed by atoms with Gasteiger partial charge in [0, 0.05) is 48.8 Å². The highest BCUT2D eigenvalue weighted by atomic mass is 35.5. The number of alkyl halides is 1. The fraction of sp³-hybridized carbons (Fsp3) is 0.409. The molecule has 0 saturated carbocycles. The number of esters is 1. The number of carbonyl (C=O) groups excluding carboxylic acids is 2. The number of carboxylic acid groups (broad SMARTS) is 1. The Morgan fingerprint density at radius 3 is 2.37 bits per heavy atom. The second kappa shape index (κ2) is 7.47. The number of carbonyl (C=O) groups is 3. The molecule has 7 nitrogen and oxygen atoms in total. The number of ether oxygens (including phenoxy) is 1. The highest BCUT2D eigenvalue weighted by Gasteiger charge is 2.52. The fourth-order valence-corrected chi connectivity index (χ4v) is 4.76. The molecule has 1 atom stereocenters. The van der Waals surface area contributed by atoms with Crippen LogP contribution in [-0.4, -0.2) is 35.5 Å². The Morgan fingerprint density at radius 1 is 1.20 bits per heavy atom. The smallest absolute Gasteiger partial charge is 0.411 e. The molecule has 1 aliphatic heterocycles. The number of fused-ring (bicyclic) bond motifs is 3. The molecule has 0 bridgehead atoms. The van der Waals surface area contributed by atoms with Crippen molar-refractivity contribution in [1.82, 2.24) is 0 Å². The van der Waals surface area contributed by atoms with Gasteiger partial charge in [-0.1, -0.05) is 20.8 Å². The van der Waals surface area contributed by atoms with Crippen molar-refractivity contribution >= 4 is 51.7 Å². The fourth-order valence-electron chi connectivity index (χ4n) is 4.14. The summed E-state index contributed by atoms with van der Waals surface area (Å²) in [6.45, 7) is 8.94. The Hall–Kier alpha value is -2.80. The number of amides is 2. The van der Waals surface area contributed by atoms with Crippen LogP contribution in [0.5, 0.6) is 5.75 Å². The molecule has 30 heavy (non-hydrogen) atoms. The lowest BCUT2D eigenvalue weighted by Gasteiger charge is -2.41. The Bertz CT molecular complexity index is 1060. The van der Waals surface area contributed by atoms with Gasteiger partial charge in [0.1, 0.15) is 5.75 Å². The van der Waals surface area contributed by atoms with Gasteiger partial charge in [-0.05, 0) is 34.6 Å². The highest BCUT2D eigenvalue weighted by Crippen LogP contribution is 2.55. The third kappa shape index (κ3) is 3.47. The lowest BCUT2D eigenvalue weighted by atomic mass is 9.64. The predicted molar refractivity (Wildman–Crippen MR) is 117 cm³/mol. The lowest BCUT2D eigenvalue weighted by Crippen LogP contribution is -2.46. The van der Waals surface area contributed by atoms with Gasteiger partial charge in [-0.15, -0.1) is 11.6 Å². The van der Waals surface area contributed by atoms with Gasteiger partial charge in [0.15, 0.2) is 0 Å². The SMILES string of the molecule is CC(=O)Nc1ccc2c(OC(C)=O)cc3c(c2c1)[C@@](CCl)(C(C)(C)C)CN3C(=O)O. The summed E-state index contributed by atoms with van der Waals surface area (Å²) in [6, 6.07) is 6.84. The van der Waals surface area contributed by atoms with E-state index in [0.717, 1.165) is 5.56 Å². The summed E-state index contributed by atoms with van der Waals surface area (Å²) in [5.74, 6) is -0.286. The molecular weight excluding hydrogens is 408 g/mol. The van der Waals surface area contributed by atoms with Crippen LogP contribution in [0.2, 0.25) is 0 Å². The van der Waals surface area contributed by atoms with E-state index in [-0.39, 0.29) is 29.5 Å². The summed E-state index contributed by atoms with van der Waals surface area (Å²) in [7, 11) is 0. The molecule has 0 saturated heterocycles. The first-order valence-corrected chi connectivity index (χ1v) is 10.1. The van der Waals surface area contributed by atoms with Crippen LogP contribution in [0.3, 0.4) is 0 Å². The Labute approximate surface area is 179 Å². The van der Waals surface area contributed by atoms with Crippen molar-refractivity contribution < 1.29 is 24.2 Å². The molecule has 0 radical (unpaired) electrons. The predicted octanol–water partition coefficient (Wildman–Crippen LogP) is 4.74. The van der Waals surface area contributed by atoms with E-state index in [9.17, 15) is 19.5 Å². The van der Waals surface area contributed by atoms with Crippen LogP contribution in [0.15, 0.2) is 24.3 Å². The van der Waals surface area contributed by atoms with Crippen LogP contribution in [0.25, 0.3) is 10.8 Å². The summed E-state index contributed by atoms with van der Waals surface area (Å²) >= 11 is 6.52. The number of nitrogens with one attached hydrogen (secondary N) is 1. The number of anilines is 2. The maximum Gasteiger partial charge on any atom is 0.411 e. The molecule has 0 fully saturated rings. The molecule has 160 valence electrons. The van der Waals surface area contributed by atoms with E-state index in [1.807, 2.05) is 20.8 Å². The number of benzene rings is 2. The van der Waals surface area contributed by atoms with Gasteiger partial charge in [0.25, 0.3) is 0 Å². The summed E-state index contributed by atoms with van der Waals surface area (Å²) in [6.07, 6.45) is -1.11. The molecule has 2 aromatic rings. The number of hydrogen-bond acceptors (Lipinski definition) is 4. The van der Waals surface area contributed by atoms with Gasteiger partial charge in [-0.2, -0.15) is 0 Å². The molecule has 2 amide bonds. The lowest BCUT2D eigenvalue weighted by molar-refractivity contribution is -0.131. The van der Waals surface area contributed by atoms with E-state index in [2.05, 4.69) is 5.32 Å². The zero-order chi connectivity index (χ0) is 22.4. The number of hydrogen-bond donors (Lipinski definition) is 2. The summed E-state index contributed by atoms with van der Waals surface area (Å²) < 4.78 is 5.41. The Morgan fingerprint density at radius 2 is 1.87 bits per heavy atom. The molecule has 2 N–H and O–H groups in total. The molecule has 0 spiro atoms. The van der Waals surface area contributed by atoms with Gasteiger partial charge in [-0.25, -0.2) is 4.79 Å². The molecule has 8 heteroatoms. The quantitative estimate of drug-likeness (QED) is 0.414. The maximum atomic E-state index is 12.1. The van der Waals surface area contributed by atoms with Gasteiger partial charge < -0.3 is 15.2 Å². The Kier molecular flexibility index (Phi) is 5.45. The van der Waals surface area contributed by atoms with Crippen molar-refractivity contribution in [3.63, 3.8) is 0 Å². The minimum Gasteiger partial charge on any atom is -0.465 e. The first-order chi connectivity index (χ1) is 13.9. The monoisotopic (exact) mass is 432 g/mol. The number of nitrogens with zero attached hydrogens (tertiary/aromatic N) is 1. The number of rotatable bonds is 3. The normalized spacial score (nSPS) is 18.3. The molecular formula is C22H25ClN2O5. The van der Waals surface area contributed by atoms with Gasteiger partial charge in [0.05, 0.1) is 5.69 Å². The molecule has 0 unspecified atom stereocenters. The summed E-state index contributed by atoms with van der Waals surface area (Å²) in [4.78, 5) is 36.6. The average molecular weight is 433 g/mol. The van der Waals surface area contributed by atoms with Gasteiger partial charge in [-0.3, -0.25) is 14.5 Å². The van der Waals surface area contributed by atoms with Gasteiger partial charge in [0.2, 0.25) is 5.91 Å². The molecule has 3 rings (SSSR count). The summed E-state index contributed by atoms with van der Waals surface area (Å²) in [5.41, 5.74) is 0.688. The second-order valence-electron chi connectivity index (χ2n) is 8.64. The van der Waals surface area contributed by atoms with E-state index in [1.54, 1.807) is 24.3 Å². The minimum atomic E-state index is -1.11. The van der Waals surface area contributed by atoms with Crippen LogP contribution in [0.1, 0.15) is 40.2 Å². The minimum absolute atomic E-state index is 0.174. The molecule has 1 aliphatic rings. The van der Waals surface area contributed by atoms with E-state index in [0.29, 0.717) is 22.1 Å². The standard InChI is InChI=1S/C22H25ClN2O5/c1-12(26)24-14-6-7-15-16(8-14)19-17(9-18(15)30-13(2)27)25(20(28)29)11-22(19,10-23)21(3,4)5/h6-9H,10-11H2,1-5H3,(H,24,26)(H,28,29)/t22-/m0/s1. The first kappa shape index (κ1) is 21.9. The third-order valence-electron chi connectivity index (χ3n) is 5.74. The average Bonchev–Trinajstić information content (AvgIpc) is 2.96. The van der Waals surface area contributed by atoms with Crippen molar-refractivity contribution in [2.75, 3.05) is 22.6 Å². The van der Waals surface area contributed by atoms with E-state index < -0.39 is 17.5 Å². The van der Waals surface area contributed by atoms with E-state index in [1.165, 1.54) is 18.7 Å². The number of halogens is 1. The first-order valence-electron chi connectivity index (χ1n) is 9.55. The van der Waals surface area contributed by atoms with Crippen molar-refractivity contribution in [1.29, 1.82) is 0 Å². The Balaban J connectivity index is 2.46. The third-order valence-corrected chi connectivity index (χ3v) is 6.20. The summed E-state index contributed by atoms with van der Waals surface area (Å²) in [5, 5.41) is 14.0. The van der Waals surface area contributed by atoms with Crippen molar-refractivity contribution in [2.24, 2.45) is 5.41 Å². The van der Waals surface area contributed by atoms with Crippen LogP contribution in [-0.2, 0) is 15.0 Å². The zero-order valence-electron chi connectivity index (χ0n) is 17.6. The van der Waals surface area contributed by atoms with Crippen LogP contribution >= 0.6 is 11.6 Å². The maximum absolute atomic E-state index is 12.1. The molecule has 1 heterocycles. The van der Waals surface area contributed by atoms with Crippen molar-refractivity contribution in [2.45, 2.75) is 40.0 Å². The van der Waals surface area contributed by atoms with Crippen LogP contribution in [0.4, 0.5) is 16.2 Å². The van der Waals surface area contributed by atoms with Gasteiger partial charge >= 0.3 is 12.1 Å². The highest BCUT2D eigenvalue weighted by molar-refractivity contribution is 6.19. The molecule has 2 aromatic carbocycles. The van der Waals surface area contributed by atoms with Crippen LogP contribution in [0, 0.1) is 5.41 Å².